The van der Waals surface area contributed by atoms with Gasteiger partial charge in [-0.1, -0.05) is 0 Å². The summed E-state index contributed by atoms with van der Waals surface area (Å²) >= 11 is 0. The summed E-state index contributed by atoms with van der Waals surface area (Å²) in [5.41, 5.74) is 0.318. The molecule has 0 fully saturated rings. The van der Waals surface area contributed by atoms with Gasteiger partial charge in [0, 0.05) is 19.1 Å². The van der Waals surface area contributed by atoms with Crippen molar-refractivity contribution in [3.05, 3.63) is 23.4 Å². The molecular weight excluding hydrogens is 344 g/mol. The van der Waals surface area contributed by atoms with Gasteiger partial charge in [0.25, 0.3) is 12.3 Å². The summed E-state index contributed by atoms with van der Waals surface area (Å²) in [5, 5.41) is 15.5. The molecule has 1 unspecified atom stereocenters. The minimum absolute atomic E-state index is 0.158. The third-order valence-corrected chi connectivity index (χ3v) is 5.24. The fourth-order valence-electron chi connectivity index (χ4n) is 3.83. The Bertz CT molecular complexity index is 846. The molecule has 4 heterocycles. The van der Waals surface area contributed by atoms with Gasteiger partial charge in [-0.3, -0.25) is 4.79 Å². The minimum atomic E-state index is -2.53. The van der Waals surface area contributed by atoms with E-state index in [0.29, 0.717) is 24.5 Å². The maximum Gasteiger partial charge on any atom is 0.260 e. The van der Waals surface area contributed by atoms with Crippen molar-refractivity contribution in [1.29, 1.82) is 0 Å². The van der Waals surface area contributed by atoms with Crippen LogP contribution in [0.15, 0.2) is 6.20 Å². The van der Waals surface area contributed by atoms with Gasteiger partial charge in [0.05, 0.1) is 12.2 Å². The molecule has 2 aromatic heterocycles. The molecule has 26 heavy (non-hydrogen) atoms. The second-order valence-electron chi connectivity index (χ2n) is 6.97. The van der Waals surface area contributed by atoms with Crippen LogP contribution in [0.2, 0.25) is 0 Å². The summed E-state index contributed by atoms with van der Waals surface area (Å²) in [6, 6.07) is -1.43. The molecule has 0 bridgehead atoms. The zero-order valence-electron chi connectivity index (χ0n) is 14.9. The topological polar surface area (TPSA) is 80.9 Å². The van der Waals surface area contributed by atoms with Gasteiger partial charge in [-0.2, -0.15) is 5.10 Å². The lowest BCUT2D eigenvalue weighted by Gasteiger charge is -2.34. The first kappa shape index (κ1) is 16.9. The van der Waals surface area contributed by atoms with Crippen LogP contribution < -0.4 is 5.32 Å². The zero-order chi connectivity index (χ0) is 18.6. The minimum Gasteiger partial charge on any atom is -0.367 e. The van der Waals surface area contributed by atoms with E-state index in [1.165, 1.54) is 10.9 Å². The Kier molecular flexibility index (Phi) is 3.92. The van der Waals surface area contributed by atoms with Gasteiger partial charge < -0.3 is 14.8 Å². The lowest BCUT2D eigenvalue weighted by atomic mass is 10.1. The summed E-state index contributed by atoms with van der Waals surface area (Å²) in [5.74, 6) is 1.68. The number of halogens is 2. The number of carbonyl (C=O) groups excluding carboxylic acids is 1. The van der Waals surface area contributed by atoms with Gasteiger partial charge >= 0.3 is 0 Å². The first-order valence-electron chi connectivity index (χ1n) is 8.71. The van der Waals surface area contributed by atoms with Crippen LogP contribution in [0.3, 0.4) is 0 Å². The van der Waals surface area contributed by atoms with Crippen molar-refractivity contribution in [2.45, 2.75) is 58.3 Å². The van der Waals surface area contributed by atoms with E-state index in [9.17, 15) is 13.6 Å². The molecule has 2 aliphatic heterocycles. The molecule has 3 atom stereocenters. The smallest absolute Gasteiger partial charge is 0.260 e. The maximum absolute atomic E-state index is 13.4. The summed E-state index contributed by atoms with van der Waals surface area (Å²) in [4.78, 5) is 14.8. The average Bonchev–Trinajstić information content (AvgIpc) is 3.18. The second kappa shape index (κ2) is 6.03. The van der Waals surface area contributed by atoms with E-state index in [1.54, 1.807) is 4.90 Å². The number of carbonyl (C=O) groups is 1. The highest BCUT2D eigenvalue weighted by Gasteiger charge is 2.37. The van der Waals surface area contributed by atoms with Crippen molar-refractivity contribution in [3.8, 4) is 0 Å². The third kappa shape index (κ3) is 2.46. The molecule has 4 rings (SSSR count). The number of hydrogen-bond acceptors (Lipinski definition) is 5. The number of alkyl halides is 2. The molecule has 1 amide bonds. The quantitative estimate of drug-likeness (QED) is 0.881. The van der Waals surface area contributed by atoms with Crippen molar-refractivity contribution in [2.75, 3.05) is 11.9 Å². The maximum atomic E-state index is 13.4. The molecule has 0 radical (unpaired) electrons. The molecule has 0 saturated carbocycles. The molecule has 0 aliphatic carbocycles. The zero-order valence-corrected chi connectivity index (χ0v) is 14.9. The lowest BCUT2D eigenvalue weighted by Crippen LogP contribution is -2.42. The fraction of sp³-hybridized carbons (Fsp3) is 0.625. The summed E-state index contributed by atoms with van der Waals surface area (Å²) in [7, 11) is 0. The van der Waals surface area contributed by atoms with E-state index >= 15 is 0 Å². The summed E-state index contributed by atoms with van der Waals surface area (Å²) < 4.78 is 30.0. The van der Waals surface area contributed by atoms with Crippen molar-refractivity contribution in [1.82, 2.24) is 29.4 Å². The highest BCUT2D eigenvalue weighted by molar-refractivity contribution is 5.99. The Hall–Kier alpha value is -2.52. The number of anilines is 1. The van der Waals surface area contributed by atoms with E-state index in [2.05, 4.69) is 20.6 Å². The number of amides is 1. The number of nitrogens with zero attached hydrogens (tertiary/aromatic N) is 6. The first-order valence-corrected chi connectivity index (χ1v) is 8.71. The second-order valence-corrected chi connectivity index (χ2v) is 6.97. The van der Waals surface area contributed by atoms with Crippen LogP contribution in [-0.2, 0) is 6.54 Å². The van der Waals surface area contributed by atoms with E-state index < -0.39 is 12.5 Å². The molecular formula is C16H21F2N7O. The highest BCUT2D eigenvalue weighted by atomic mass is 19.3. The van der Waals surface area contributed by atoms with Crippen LogP contribution in [0.5, 0.6) is 0 Å². The monoisotopic (exact) mass is 365 g/mol. The van der Waals surface area contributed by atoms with E-state index in [4.69, 9.17) is 0 Å². The molecule has 10 heteroatoms. The third-order valence-electron chi connectivity index (χ3n) is 5.24. The fourth-order valence-corrected chi connectivity index (χ4v) is 3.83. The number of hydrogen-bond donors (Lipinski definition) is 1. The molecule has 140 valence electrons. The number of rotatable bonds is 2. The van der Waals surface area contributed by atoms with Gasteiger partial charge in [-0.05, 0) is 27.2 Å². The van der Waals surface area contributed by atoms with Crippen LogP contribution in [0.4, 0.5) is 14.6 Å². The first-order chi connectivity index (χ1) is 12.4. The highest BCUT2D eigenvalue weighted by Crippen LogP contribution is 2.35. The molecule has 8 nitrogen and oxygen atoms in total. The van der Waals surface area contributed by atoms with Crippen LogP contribution in [0, 0.1) is 6.92 Å². The number of nitrogens with one attached hydrogen (secondary N) is 1. The molecule has 0 saturated heterocycles. The molecule has 2 aliphatic rings. The number of aryl methyl sites for hydroxylation is 1. The van der Waals surface area contributed by atoms with Crippen molar-refractivity contribution >= 4 is 11.7 Å². The van der Waals surface area contributed by atoms with Crippen LogP contribution in [-0.4, -0.2) is 54.4 Å². The SMILES string of the molecule is Cc1nnc2n1CCN(C(=O)c1cnn3c1N[C@H](C)C[C@@H]3C(F)F)C2C. The van der Waals surface area contributed by atoms with E-state index in [0.717, 1.165) is 11.6 Å². The summed E-state index contributed by atoms with van der Waals surface area (Å²) in [6.45, 7) is 6.71. The summed E-state index contributed by atoms with van der Waals surface area (Å²) in [6.07, 6.45) is -0.880. The Morgan fingerprint density at radius 1 is 1.31 bits per heavy atom. The number of aromatic nitrogens is 5. The normalized spacial score (nSPS) is 25.0. The molecule has 1 N–H and O–H groups in total. The predicted molar refractivity (Wildman–Crippen MR) is 89.2 cm³/mol. The van der Waals surface area contributed by atoms with Crippen molar-refractivity contribution in [2.24, 2.45) is 0 Å². The van der Waals surface area contributed by atoms with Gasteiger partial charge in [-0.15, -0.1) is 10.2 Å². The van der Waals surface area contributed by atoms with E-state index in [1.807, 2.05) is 25.3 Å². The molecule has 0 spiro atoms. The predicted octanol–water partition coefficient (Wildman–Crippen LogP) is 2.01. The van der Waals surface area contributed by atoms with Gasteiger partial charge in [0.2, 0.25) is 0 Å². The Morgan fingerprint density at radius 3 is 2.81 bits per heavy atom. The Morgan fingerprint density at radius 2 is 2.08 bits per heavy atom. The Labute approximate surface area is 149 Å². The average molecular weight is 365 g/mol. The van der Waals surface area contributed by atoms with Gasteiger partial charge in [0.15, 0.2) is 5.82 Å². The van der Waals surface area contributed by atoms with Gasteiger partial charge in [0.1, 0.15) is 23.2 Å². The lowest BCUT2D eigenvalue weighted by molar-refractivity contribution is 0.0623. The van der Waals surface area contributed by atoms with Crippen LogP contribution in [0.1, 0.15) is 54.4 Å². The number of fused-ring (bicyclic) bond motifs is 2. The Balaban J connectivity index is 1.66. The van der Waals surface area contributed by atoms with Gasteiger partial charge in [-0.25, -0.2) is 13.5 Å². The van der Waals surface area contributed by atoms with E-state index in [-0.39, 0.29) is 24.4 Å². The van der Waals surface area contributed by atoms with Crippen molar-refractivity contribution < 1.29 is 13.6 Å². The standard InChI is InChI=1S/C16H21F2N7O/c1-8-6-12(13(17)18)25-15(20-8)11(7-19-25)16(26)23-4-5-24-10(3)21-22-14(24)9(23)2/h7-9,12-13,20H,4-6H2,1-3H3/t8-,9?,12-/m1/s1. The van der Waals surface area contributed by atoms with Crippen LogP contribution >= 0.6 is 0 Å². The van der Waals surface area contributed by atoms with Crippen molar-refractivity contribution in [3.63, 3.8) is 0 Å². The molecule has 0 aromatic carbocycles. The largest absolute Gasteiger partial charge is 0.367 e. The van der Waals surface area contributed by atoms with Crippen LogP contribution in [0.25, 0.3) is 0 Å². The molecule has 2 aromatic rings.